The second-order valence-electron chi connectivity index (χ2n) is 4.29. The SMILES string of the molecule is COc1cc(NC(=O)[C@H](N)CCSC)cc(OC)c1OC. The van der Waals surface area contributed by atoms with Gasteiger partial charge in [-0.3, -0.25) is 4.79 Å². The highest BCUT2D eigenvalue weighted by Gasteiger charge is 2.17. The molecule has 0 aromatic heterocycles. The predicted molar refractivity (Wildman–Crippen MR) is 85.7 cm³/mol. The molecular formula is C14H22N2O4S. The summed E-state index contributed by atoms with van der Waals surface area (Å²) in [6.45, 7) is 0. The minimum Gasteiger partial charge on any atom is -0.493 e. The summed E-state index contributed by atoms with van der Waals surface area (Å²) in [7, 11) is 4.57. The van der Waals surface area contributed by atoms with E-state index in [0.29, 0.717) is 29.4 Å². The molecule has 0 aliphatic heterocycles. The van der Waals surface area contributed by atoms with Crippen molar-refractivity contribution in [1.29, 1.82) is 0 Å². The van der Waals surface area contributed by atoms with E-state index >= 15 is 0 Å². The Labute approximate surface area is 129 Å². The quantitative estimate of drug-likeness (QED) is 0.760. The lowest BCUT2D eigenvalue weighted by Crippen LogP contribution is -2.36. The Bertz CT molecular complexity index is 457. The number of hydrogen-bond donors (Lipinski definition) is 2. The van der Waals surface area contributed by atoms with Gasteiger partial charge in [-0.05, 0) is 18.4 Å². The number of nitrogens with two attached hydrogens (primary N) is 1. The topological polar surface area (TPSA) is 82.8 Å². The number of benzene rings is 1. The van der Waals surface area contributed by atoms with Crippen molar-refractivity contribution in [2.24, 2.45) is 5.73 Å². The van der Waals surface area contributed by atoms with Crippen LogP contribution in [0.3, 0.4) is 0 Å². The Balaban J connectivity index is 2.91. The number of nitrogens with one attached hydrogen (secondary N) is 1. The van der Waals surface area contributed by atoms with Gasteiger partial charge in [-0.15, -0.1) is 0 Å². The Morgan fingerprint density at radius 3 is 2.24 bits per heavy atom. The first-order chi connectivity index (χ1) is 10.1. The van der Waals surface area contributed by atoms with Crippen molar-refractivity contribution < 1.29 is 19.0 Å². The third-order valence-electron chi connectivity index (χ3n) is 2.90. The maximum atomic E-state index is 12.0. The van der Waals surface area contributed by atoms with E-state index in [9.17, 15) is 4.79 Å². The van der Waals surface area contributed by atoms with Crippen molar-refractivity contribution >= 4 is 23.4 Å². The zero-order chi connectivity index (χ0) is 15.8. The molecular weight excluding hydrogens is 292 g/mol. The molecule has 0 heterocycles. The van der Waals surface area contributed by atoms with Crippen LogP contribution in [0.4, 0.5) is 5.69 Å². The highest BCUT2D eigenvalue weighted by molar-refractivity contribution is 7.98. The van der Waals surface area contributed by atoms with E-state index in [4.69, 9.17) is 19.9 Å². The molecule has 0 aliphatic carbocycles. The normalized spacial score (nSPS) is 11.7. The maximum absolute atomic E-state index is 12.0. The molecule has 7 heteroatoms. The summed E-state index contributed by atoms with van der Waals surface area (Å²) in [6, 6.07) is 2.79. The lowest BCUT2D eigenvalue weighted by molar-refractivity contribution is -0.117. The van der Waals surface area contributed by atoms with E-state index in [1.807, 2.05) is 6.26 Å². The van der Waals surface area contributed by atoms with E-state index in [0.717, 1.165) is 5.75 Å². The van der Waals surface area contributed by atoms with E-state index in [-0.39, 0.29) is 5.91 Å². The lowest BCUT2D eigenvalue weighted by Gasteiger charge is -2.16. The number of hydrogen-bond acceptors (Lipinski definition) is 6. The fraction of sp³-hybridized carbons (Fsp3) is 0.500. The Morgan fingerprint density at radius 1 is 1.24 bits per heavy atom. The van der Waals surface area contributed by atoms with Gasteiger partial charge >= 0.3 is 0 Å². The first-order valence-electron chi connectivity index (χ1n) is 6.42. The summed E-state index contributed by atoms with van der Waals surface area (Å²) in [5.41, 5.74) is 6.39. The number of carbonyl (C=O) groups excluding carboxylic acids is 1. The molecule has 0 radical (unpaired) electrons. The number of ether oxygens (including phenoxy) is 3. The summed E-state index contributed by atoms with van der Waals surface area (Å²) in [4.78, 5) is 12.0. The van der Waals surface area contributed by atoms with E-state index < -0.39 is 6.04 Å². The third kappa shape index (κ3) is 4.71. The molecule has 0 unspecified atom stereocenters. The molecule has 1 aromatic carbocycles. The van der Waals surface area contributed by atoms with Crippen LogP contribution in [0.1, 0.15) is 6.42 Å². The third-order valence-corrected chi connectivity index (χ3v) is 3.55. The smallest absolute Gasteiger partial charge is 0.241 e. The Morgan fingerprint density at radius 2 is 1.81 bits per heavy atom. The van der Waals surface area contributed by atoms with Crippen LogP contribution in [0.5, 0.6) is 17.2 Å². The van der Waals surface area contributed by atoms with Gasteiger partial charge in [0.05, 0.1) is 27.4 Å². The van der Waals surface area contributed by atoms with Crippen molar-refractivity contribution in [1.82, 2.24) is 0 Å². The fourth-order valence-electron chi connectivity index (χ4n) is 1.76. The fourth-order valence-corrected chi connectivity index (χ4v) is 2.25. The standard InChI is InChI=1S/C14H22N2O4S/c1-18-11-7-9(8-12(19-2)13(11)20-3)16-14(17)10(15)5-6-21-4/h7-8,10H,5-6,15H2,1-4H3,(H,16,17)/t10-/m1/s1. The van der Waals surface area contributed by atoms with Crippen molar-refractivity contribution in [3.63, 3.8) is 0 Å². The molecule has 3 N–H and O–H groups in total. The van der Waals surface area contributed by atoms with Crippen molar-refractivity contribution in [3.8, 4) is 17.2 Å². The molecule has 1 rings (SSSR count). The van der Waals surface area contributed by atoms with Gasteiger partial charge in [-0.25, -0.2) is 0 Å². The van der Waals surface area contributed by atoms with Gasteiger partial charge in [0.2, 0.25) is 11.7 Å². The lowest BCUT2D eigenvalue weighted by atomic mass is 10.2. The second-order valence-corrected chi connectivity index (χ2v) is 5.28. The number of anilines is 1. The summed E-state index contributed by atoms with van der Waals surface area (Å²) in [5, 5.41) is 2.76. The largest absolute Gasteiger partial charge is 0.493 e. The van der Waals surface area contributed by atoms with E-state index in [1.165, 1.54) is 21.3 Å². The number of carbonyl (C=O) groups is 1. The molecule has 0 fully saturated rings. The molecule has 6 nitrogen and oxygen atoms in total. The van der Waals surface area contributed by atoms with Crippen LogP contribution < -0.4 is 25.3 Å². The molecule has 0 saturated heterocycles. The van der Waals surface area contributed by atoms with Gasteiger partial charge in [0.1, 0.15) is 0 Å². The molecule has 21 heavy (non-hydrogen) atoms. The highest BCUT2D eigenvalue weighted by Crippen LogP contribution is 2.39. The number of amides is 1. The van der Waals surface area contributed by atoms with Crippen LogP contribution in [-0.4, -0.2) is 45.3 Å². The molecule has 1 amide bonds. The summed E-state index contributed by atoms with van der Waals surface area (Å²) >= 11 is 1.65. The van der Waals surface area contributed by atoms with Crippen LogP contribution in [-0.2, 0) is 4.79 Å². The van der Waals surface area contributed by atoms with Gasteiger partial charge in [0.15, 0.2) is 11.5 Å². The minimum atomic E-state index is -0.545. The first-order valence-corrected chi connectivity index (χ1v) is 7.82. The average Bonchev–Trinajstić information content (AvgIpc) is 2.51. The number of methoxy groups -OCH3 is 3. The average molecular weight is 314 g/mol. The van der Waals surface area contributed by atoms with E-state index in [2.05, 4.69) is 5.32 Å². The van der Waals surface area contributed by atoms with Crippen LogP contribution in [0.2, 0.25) is 0 Å². The number of thioether (sulfide) groups is 1. The maximum Gasteiger partial charge on any atom is 0.241 e. The van der Waals surface area contributed by atoms with Crippen LogP contribution >= 0.6 is 11.8 Å². The van der Waals surface area contributed by atoms with Gasteiger partial charge in [0.25, 0.3) is 0 Å². The molecule has 118 valence electrons. The predicted octanol–water partition coefficient (Wildman–Crippen LogP) is 1.73. The van der Waals surface area contributed by atoms with Crippen LogP contribution in [0, 0.1) is 0 Å². The minimum absolute atomic E-state index is 0.238. The van der Waals surface area contributed by atoms with Crippen molar-refractivity contribution in [2.75, 3.05) is 38.7 Å². The first kappa shape index (κ1) is 17.5. The molecule has 0 aliphatic rings. The summed E-state index contributed by atoms with van der Waals surface area (Å²) in [5.74, 6) is 2.03. The molecule has 0 bridgehead atoms. The molecule has 0 saturated carbocycles. The zero-order valence-electron chi connectivity index (χ0n) is 12.8. The Hall–Kier alpha value is -1.60. The van der Waals surface area contributed by atoms with Crippen LogP contribution in [0.25, 0.3) is 0 Å². The van der Waals surface area contributed by atoms with Gasteiger partial charge in [-0.1, -0.05) is 0 Å². The molecule has 1 aromatic rings. The van der Waals surface area contributed by atoms with Gasteiger partial charge in [0, 0.05) is 17.8 Å². The number of rotatable bonds is 8. The molecule has 1 atom stereocenters. The molecule has 0 spiro atoms. The van der Waals surface area contributed by atoms with Crippen molar-refractivity contribution in [2.45, 2.75) is 12.5 Å². The van der Waals surface area contributed by atoms with Crippen LogP contribution in [0.15, 0.2) is 12.1 Å². The monoisotopic (exact) mass is 314 g/mol. The zero-order valence-corrected chi connectivity index (χ0v) is 13.6. The highest BCUT2D eigenvalue weighted by atomic mass is 32.2. The summed E-state index contributed by atoms with van der Waals surface area (Å²) in [6.07, 6.45) is 2.60. The summed E-state index contributed by atoms with van der Waals surface area (Å²) < 4.78 is 15.7. The Kier molecular flexibility index (Phi) is 7.18. The second kappa shape index (κ2) is 8.63. The van der Waals surface area contributed by atoms with Gasteiger partial charge in [-0.2, -0.15) is 11.8 Å². The van der Waals surface area contributed by atoms with Crippen molar-refractivity contribution in [3.05, 3.63) is 12.1 Å². The van der Waals surface area contributed by atoms with Gasteiger partial charge < -0.3 is 25.3 Å². The van der Waals surface area contributed by atoms with E-state index in [1.54, 1.807) is 23.9 Å².